The van der Waals surface area contributed by atoms with Crippen molar-refractivity contribution in [3.8, 4) is 0 Å². The molecular weight excluding hydrogens is 316 g/mol. The van der Waals surface area contributed by atoms with Crippen LogP contribution in [0, 0.1) is 10.8 Å². The Balaban J connectivity index is 0.00000264. The summed E-state index contributed by atoms with van der Waals surface area (Å²) < 4.78 is 5.78. The maximum atomic E-state index is 12.9. The molecule has 2 aliphatic rings. The highest BCUT2D eigenvalue weighted by molar-refractivity contribution is 5.85. The van der Waals surface area contributed by atoms with Crippen LogP contribution in [0.2, 0.25) is 0 Å². The molecule has 23 heavy (non-hydrogen) atoms. The molecule has 1 spiro atoms. The van der Waals surface area contributed by atoms with Gasteiger partial charge in [-0.3, -0.25) is 4.79 Å². The minimum absolute atomic E-state index is 0. The van der Waals surface area contributed by atoms with E-state index in [2.05, 4.69) is 0 Å². The quantitative estimate of drug-likeness (QED) is 0.769. The third kappa shape index (κ3) is 3.39. The van der Waals surface area contributed by atoms with Gasteiger partial charge in [-0.2, -0.15) is 0 Å². The lowest BCUT2D eigenvalue weighted by atomic mass is 9.58. The summed E-state index contributed by atoms with van der Waals surface area (Å²) >= 11 is 0. The minimum Gasteiger partial charge on any atom is -0.392 e. The fourth-order valence-electron chi connectivity index (χ4n) is 4.21. The molecular formula is C17H33ClN2O3. The highest BCUT2D eigenvalue weighted by Gasteiger charge is 2.56. The van der Waals surface area contributed by atoms with Crippen molar-refractivity contribution in [2.24, 2.45) is 16.6 Å². The average Bonchev–Trinajstić information content (AvgIpc) is 2.57. The molecule has 1 amide bonds. The zero-order chi connectivity index (χ0) is 16.4. The lowest BCUT2D eigenvalue weighted by Crippen LogP contribution is -2.63. The van der Waals surface area contributed by atoms with Crippen molar-refractivity contribution in [1.29, 1.82) is 0 Å². The predicted octanol–water partition coefficient (Wildman–Crippen LogP) is 1.95. The van der Waals surface area contributed by atoms with E-state index in [4.69, 9.17) is 10.5 Å². The molecule has 0 aromatic heterocycles. The second-order valence-electron chi connectivity index (χ2n) is 6.91. The van der Waals surface area contributed by atoms with Crippen molar-refractivity contribution in [2.75, 3.05) is 26.2 Å². The van der Waals surface area contributed by atoms with E-state index in [-0.39, 0.29) is 35.9 Å². The van der Waals surface area contributed by atoms with E-state index < -0.39 is 5.41 Å². The molecule has 2 atom stereocenters. The molecule has 0 aromatic rings. The zero-order valence-electron chi connectivity index (χ0n) is 14.7. The van der Waals surface area contributed by atoms with E-state index in [9.17, 15) is 9.90 Å². The molecule has 2 rings (SSSR count). The van der Waals surface area contributed by atoms with Crippen molar-refractivity contribution in [3.63, 3.8) is 0 Å². The number of rotatable bonds is 6. The van der Waals surface area contributed by atoms with Gasteiger partial charge in [0.2, 0.25) is 5.91 Å². The third-order valence-electron chi connectivity index (χ3n) is 6.29. The Bertz CT molecular complexity index is 383. The van der Waals surface area contributed by atoms with Crippen LogP contribution in [-0.2, 0) is 9.53 Å². The first-order valence-corrected chi connectivity index (χ1v) is 8.78. The van der Waals surface area contributed by atoms with Gasteiger partial charge in [-0.05, 0) is 32.6 Å². The van der Waals surface area contributed by atoms with Crippen LogP contribution in [0.15, 0.2) is 0 Å². The molecule has 5 nitrogen and oxygen atoms in total. The lowest BCUT2D eigenvalue weighted by molar-refractivity contribution is -0.211. The molecule has 0 radical (unpaired) electrons. The molecule has 1 aliphatic heterocycles. The van der Waals surface area contributed by atoms with E-state index in [1.54, 1.807) is 0 Å². The Labute approximate surface area is 146 Å². The summed E-state index contributed by atoms with van der Waals surface area (Å²) in [5.74, 6) is 0.191. The summed E-state index contributed by atoms with van der Waals surface area (Å²) in [7, 11) is 0. The van der Waals surface area contributed by atoms with E-state index in [1.807, 2.05) is 25.7 Å². The van der Waals surface area contributed by atoms with Crippen molar-refractivity contribution in [3.05, 3.63) is 0 Å². The van der Waals surface area contributed by atoms with Crippen LogP contribution < -0.4 is 5.73 Å². The van der Waals surface area contributed by atoms with Gasteiger partial charge in [0.25, 0.3) is 0 Å². The van der Waals surface area contributed by atoms with Gasteiger partial charge in [0.05, 0.1) is 17.6 Å². The Morgan fingerprint density at radius 2 is 1.87 bits per heavy atom. The van der Waals surface area contributed by atoms with Gasteiger partial charge < -0.3 is 20.5 Å². The number of halogens is 1. The van der Waals surface area contributed by atoms with Gasteiger partial charge in [-0.1, -0.05) is 13.8 Å². The van der Waals surface area contributed by atoms with Crippen LogP contribution in [0.4, 0.5) is 0 Å². The predicted molar refractivity (Wildman–Crippen MR) is 93.6 cm³/mol. The minimum atomic E-state index is -0.415. The topological polar surface area (TPSA) is 75.8 Å². The van der Waals surface area contributed by atoms with Crippen LogP contribution in [-0.4, -0.2) is 54.4 Å². The number of aliphatic hydroxyl groups excluding tert-OH is 1. The monoisotopic (exact) mass is 348 g/mol. The Morgan fingerprint density at radius 1 is 1.30 bits per heavy atom. The molecule has 1 saturated carbocycles. The number of hydrogen-bond acceptors (Lipinski definition) is 4. The molecule has 2 fully saturated rings. The summed E-state index contributed by atoms with van der Waals surface area (Å²) in [5.41, 5.74) is 5.36. The fraction of sp³-hybridized carbons (Fsp3) is 0.941. The number of ether oxygens (including phenoxy) is 1. The van der Waals surface area contributed by atoms with Crippen LogP contribution in [0.1, 0.15) is 52.9 Å². The first kappa shape index (κ1) is 20.7. The number of carbonyl (C=O) groups excluding carboxylic acids is 1. The zero-order valence-corrected chi connectivity index (χ0v) is 15.5. The summed E-state index contributed by atoms with van der Waals surface area (Å²) in [6.07, 6.45) is 3.84. The first-order chi connectivity index (χ1) is 10.5. The normalized spacial score (nSPS) is 26.6. The van der Waals surface area contributed by atoms with Gasteiger partial charge in [0.1, 0.15) is 0 Å². The number of aliphatic hydroxyl groups is 1. The molecule has 3 N–H and O–H groups in total. The summed E-state index contributed by atoms with van der Waals surface area (Å²) in [6.45, 7) is 8.59. The molecule has 6 heteroatoms. The van der Waals surface area contributed by atoms with Crippen LogP contribution in [0.5, 0.6) is 0 Å². The molecule has 0 bridgehead atoms. The maximum Gasteiger partial charge on any atom is 0.230 e. The van der Waals surface area contributed by atoms with Crippen molar-refractivity contribution >= 4 is 18.3 Å². The number of amides is 1. The smallest absolute Gasteiger partial charge is 0.230 e. The SMILES string of the molecule is CCOC1CC(O)C12CCN(C(=O)C(CC)(CC)CN)CC2.Cl. The number of piperidine rings is 1. The highest BCUT2D eigenvalue weighted by atomic mass is 35.5. The molecule has 1 aliphatic carbocycles. The second-order valence-corrected chi connectivity index (χ2v) is 6.91. The number of likely N-dealkylation sites (tertiary alicyclic amines) is 1. The summed E-state index contributed by atoms with van der Waals surface area (Å²) in [4.78, 5) is 14.8. The first-order valence-electron chi connectivity index (χ1n) is 8.78. The summed E-state index contributed by atoms with van der Waals surface area (Å²) in [5, 5.41) is 10.2. The van der Waals surface area contributed by atoms with Gasteiger partial charge in [0, 0.05) is 38.1 Å². The van der Waals surface area contributed by atoms with Gasteiger partial charge in [-0.15, -0.1) is 12.4 Å². The fourth-order valence-corrected chi connectivity index (χ4v) is 4.21. The molecule has 1 saturated heterocycles. The largest absolute Gasteiger partial charge is 0.392 e. The van der Waals surface area contributed by atoms with Gasteiger partial charge in [-0.25, -0.2) is 0 Å². The highest BCUT2D eigenvalue weighted by Crippen LogP contribution is 2.51. The van der Waals surface area contributed by atoms with E-state index >= 15 is 0 Å². The Morgan fingerprint density at radius 3 is 2.26 bits per heavy atom. The third-order valence-corrected chi connectivity index (χ3v) is 6.29. The lowest BCUT2D eigenvalue weighted by Gasteiger charge is -2.57. The van der Waals surface area contributed by atoms with Gasteiger partial charge >= 0.3 is 0 Å². The number of nitrogens with zero attached hydrogens (tertiary/aromatic N) is 1. The molecule has 2 unspecified atom stereocenters. The van der Waals surface area contributed by atoms with Crippen molar-refractivity contribution in [2.45, 2.75) is 65.1 Å². The van der Waals surface area contributed by atoms with Crippen LogP contribution in [0.3, 0.4) is 0 Å². The van der Waals surface area contributed by atoms with Crippen LogP contribution >= 0.6 is 12.4 Å². The number of hydrogen-bond donors (Lipinski definition) is 2. The van der Waals surface area contributed by atoms with Crippen molar-refractivity contribution < 1.29 is 14.6 Å². The number of nitrogens with two attached hydrogens (primary N) is 1. The Kier molecular flexibility index (Phi) is 7.33. The molecule has 0 aromatic carbocycles. The molecule has 136 valence electrons. The molecule has 1 heterocycles. The van der Waals surface area contributed by atoms with Gasteiger partial charge in [0.15, 0.2) is 0 Å². The van der Waals surface area contributed by atoms with E-state index in [0.29, 0.717) is 26.2 Å². The summed E-state index contributed by atoms with van der Waals surface area (Å²) in [6, 6.07) is 0. The van der Waals surface area contributed by atoms with E-state index in [0.717, 1.165) is 32.1 Å². The number of carbonyl (C=O) groups is 1. The average molecular weight is 349 g/mol. The van der Waals surface area contributed by atoms with E-state index in [1.165, 1.54) is 0 Å². The van der Waals surface area contributed by atoms with Crippen molar-refractivity contribution in [1.82, 2.24) is 4.90 Å². The van der Waals surface area contributed by atoms with Crippen LogP contribution in [0.25, 0.3) is 0 Å². The second kappa shape index (κ2) is 8.15. The standard InChI is InChI=1S/C17H32N2O3.ClH/c1-4-16(5-2,12-18)15(21)19-9-7-17(8-10-19)13(20)11-14(17)22-6-3;/h13-14,20H,4-12,18H2,1-3H3;1H. The maximum absolute atomic E-state index is 12.9. The Hall–Kier alpha value is -0.360.